The van der Waals surface area contributed by atoms with Crippen LogP contribution >= 0.6 is 11.6 Å². The average Bonchev–Trinajstić information content (AvgIpc) is 2.00. The monoisotopic (exact) mass is 206 g/mol. The van der Waals surface area contributed by atoms with E-state index in [1.54, 1.807) is 0 Å². The van der Waals surface area contributed by atoms with Crippen LogP contribution in [0.4, 0.5) is 0 Å². The van der Waals surface area contributed by atoms with Crippen LogP contribution in [0, 0.1) is 5.92 Å². The molecule has 1 fully saturated rings. The van der Waals surface area contributed by atoms with Crippen molar-refractivity contribution in [2.24, 2.45) is 5.92 Å². The number of alkyl halides is 1. The molecule has 13 heavy (non-hydrogen) atoms. The quantitative estimate of drug-likeness (QED) is 0.615. The highest BCUT2D eigenvalue weighted by Gasteiger charge is 2.42. The second-order valence-corrected chi connectivity index (χ2v) is 4.79. The molecule has 3 atom stereocenters. The summed E-state index contributed by atoms with van der Waals surface area (Å²) in [4.78, 5) is 0. The van der Waals surface area contributed by atoms with Gasteiger partial charge in [0.25, 0.3) is 0 Å². The third kappa shape index (κ3) is 2.17. The molecule has 1 saturated heterocycles. The van der Waals surface area contributed by atoms with Gasteiger partial charge in [-0.1, -0.05) is 6.92 Å². The van der Waals surface area contributed by atoms with Crippen molar-refractivity contribution in [1.29, 1.82) is 0 Å². The summed E-state index contributed by atoms with van der Waals surface area (Å²) in [5.74, 6) is -0.212. The Labute approximate surface area is 85.5 Å². The highest BCUT2D eigenvalue weighted by Crippen LogP contribution is 2.34. The van der Waals surface area contributed by atoms with E-state index in [0.717, 1.165) is 0 Å². The zero-order valence-corrected chi connectivity index (χ0v) is 9.76. The fourth-order valence-corrected chi connectivity index (χ4v) is 1.65. The van der Waals surface area contributed by atoms with Gasteiger partial charge in [0.2, 0.25) is 0 Å². The molecule has 0 bridgehead atoms. The third-order valence-corrected chi connectivity index (χ3v) is 3.44. The summed E-state index contributed by atoms with van der Waals surface area (Å²) in [5.41, 5.74) is 0. The van der Waals surface area contributed by atoms with Gasteiger partial charge in [0.1, 0.15) is 0 Å². The molecule has 0 saturated carbocycles. The second kappa shape index (κ2) is 3.76. The van der Waals surface area contributed by atoms with Gasteiger partial charge >= 0.3 is 0 Å². The minimum Gasteiger partial charge on any atom is -0.345 e. The second-order valence-electron chi connectivity index (χ2n) is 4.14. The molecule has 0 N–H and O–H groups in total. The number of halogens is 1. The van der Waals surface area contributed by atoms with E-state index >= 15 is 0 Å². The Hall–Kier alpha value is 0.210. The third-order valence-electron chi connectivity index (χ3n) is 3.04. The Morgan fingerprint density at radius 3 is 1.85 bits per heavy atom. The largest absolute Gasteiger partial charge is 0.345 e. The Morgan fingerprint density at radius 1 is 1.15 bits per heavy atom. The normalized spacial score (nSPS) is 48.9. The molecule has 3 heteroatoms. The van der Waals surface area contributed by atoms with E-state index in [4.69, 9.17) is 21.1 Å². The van der Waals surface area contributed by atoms with Gasteiger partial charge in [0.05, 0.1) is 17.6 Å². The van der Waals surface area contributed by atoms with Crippen LogP contribution in [0.15, 0.2) is 0 Å². The Bertz CT molecular complexity index is 170. The summed E-state index contributed by atoms with van der Waals surface area (Å²) >= 11 is 6.03. The summed E-state index contributed by atoms with van der Waals surface area (Å²) in [6, 6.07) is 0. The van der Waals surface area contributed by atoms with Crippen molar-refractivity contribution in [3.8, 4) is 0 Å². The van der Waals surface area contributed by atoms with Crippen LogP contribution in [0.1, 0.15) is 34.6 Å². The van der Waals surface area contributed by atoms with Crippen LogP contribution in [0.3, 0.4) is 0 Å². The fraction of sp³-hybridized carbons (Fsp3) is 1.00. The molecule has 0 aliphatic carbocycles. The first-order chi connectivity index (χ1) is 5.87. The molecule has 3 unspecified atom stereocenters. The van der Waals surface area contributed by atoms with Crippen LogP contribution in [-0.2, 0) is 9.47 Å². The molecular weight excluding hydrogens is 188 g/mol. The maximum Gasteiger partial charge on any atom is 0.182 e. The minimum atomic E-state index is -0.632. The summed E-state index contributed by atoms with van der Waals surface area (Å²) in [7, 11) is 0. The first-order valence-electron chi connectivity index (χ1n) is 4.86. The van der Waals surface area contributed by atoms with Crippen molar-refractivity contribution >= 4 is 11.6 Å². The van der Waals surface area contributed by atoms with Gasteiger partial charge in [-0.3, -0.25) is 0 Å². The van der Waals surface area contributed by atoms with Gasteiger partial charge in [-0.05, 0) is 27.7 Å². The lowest BCUT2D eigenvalue weighted by Crippen LogP contribution is -2.53. The van der Waals surface area contributed by atoms with Gasteiger partial charge in [-0.15, -0.1) is 11.6 Å². The maximum absolute atomic E-state index is 6.03. The Morgan fingerprint density at radius 2 is 1.54 bits per heavy atom. The molecule has 0 spiro atoms. The predicted octanol–water partition coefficient (Wildman–Crippen LogP) is 2.79. The lowest BCUT2D eigenvalue weighted by atomic mass is 9.97. The first-order valence-corrected chi connectivity index (χ1v) is 5.30. The van der Waals surface area contributed by atoms with Gasteiger partial charge in [-0.25, -0.2) is 0 Å². The average molecular weight is 207 g/mol. The zero-order valence-electron chi connectivity index (χ0n) is 9.00. The van der Waals surface area contributed by atoms with Gasteiger partial charge in [0.15, 0.2) is 5.79 Å². The van der Waals surface area contributed by atoms with Crippen molar-refractivity contribution in [1.82, 2.24) is 0 Å². The number of hydrogen-bond donors (Lipinski definition) is 0. The molecular formula is C10H19ClO2. The number of rotatable bonds is 1. The van der Waals surface area contributed by atoms with E-state index in [0.29, 0.717) is 5.92 Å². The SMILES string of the molecule is CC1OC(C)(C(C)Cl)OC(C)C1C. The van der Waals surface area contributed by atoms with Crippen molar-refractivity contribution < 1.29 is 9.47 Å². The minimum absolute atomic E-state index is 0.134. The topological polar surface area (TPSA) is 18.5 Å². The van der Waals surface area contributed by atoms with E-state index in [-0.39, 0.29) is 17.6 Å². The zero-order chi connectivity index (χ0) is 10.2. The van der Waals surface area contributed by atoms with Crippen LogP contribution in [0.2, 0.25) is 0 Å². The highest BCUT2D eigenvalue weighted by molar-refractivity contribution is 6.21. The fourth-order valence-electron chi connectivity index (χ4n) is 1.55. The molecule has 0 aromatic rings. The standard InChI is InChI=1S/C10H19ClO2/c1-6-7(2)12-10(5,9(4)11)13-8(6)3/h6-9H,1-5H3. The molecule has 1 aliphatic rings. The van der Waals surface area contributed by atoms with Gasteiger partial charge in [0, 0.05) is 5.92 Å². The van der Waals surface area contributed by atoms with E-state index in [1.165, 1.54) is 0 Å². The number of hydrogen-bond acceptors (Lipinski definition) is 2. The van der Waals surface area contributed by atoms with Crippen LogP contribution in [0.5, 0.6) is 0 Å². The van der Waals surface area contributed by atoms with Crippen molar-refractivity contribution in [3.63, 3.8) is 0 Å². The molecule has 1 heterocycles. The van der Waals surface area contributed by atoms with Crippen LogP contribution in [-0.4, -0.2) is 23.4 Å². The van der Waals surface area contributed by atoms with E-state index in [1.807, 2.05) is 13.8 Å². The Balaban J connectivity index is 2.73. The van der Waals surface area contributed by atoms with Crippen molar-refractivity contribution in [3.05, 3.63) is 0 Å². The number of ether oxygens (including phenoxy) is 2. The first kappa shape index (κ1) is 11.3. The molecule has 0 aromatic heterocycles. The van der Waals surface area contributed by atoms with Crippen molar-refractivity contribution in [2.75, 3.05) is 0 Å². The molecule has 2 nitrogen and oxygen atoms in total. The summed E-state index contributed by atoms with van der Waals surface area (Å²) < 4.78 is 11.5. The summed E-state index contributed by atoms with van der Waals surface area (Å²) in [6.07, 6.45) is 0.407. The smallest absolute Gasteiger partial charge is 0.182 e. The lowest BCUT2D eigenvalue weighted by molar-refractivity contribution is -0.319. The van der Waals surface area contributed by atoms with Gasteiger partial charge < -0.3 is 9.47 Å². The molecule has 1 aliphatic heterocycles. The lowest BCUT2D eigenvalue weighted by Gasteiger charge is -2.45. The molecule has 78 valence electrons. The van der Waals surface area contributed by atoms with E-state index < -0.39 is 5.79 Å². The van der Waals surface area contributed by atoms with Crippen LogP contribution < -0.4 is 0 Å². The molecule has 1 rings (SSSR count). The van der Waals surface area contributed by atoms with E-state index in [2.05, 4.69) is 20.8 Å². The molecule has 0 radical (unpaired) electrons. The molecule has 0 aromatic carbocycles. The highest BCUT2D eigenvalue weighted by atomic mass is 35.5. The van der Waals surface area contributed by atoms with Gasteiger partial charge in [-0.2, -0.15) is 0 Å². The Kier molecular flexibility index (Phi) is 3.26. The van der Waals surface area contributed by atoms with Crippen LogP contribution in [0.25, 0.3) is 0 Å². The predicted molar refractivity (Wildman–Crippen MR) is 54.0 cm³/mol. The van der Waals surface area contributed by atoms with E-state index in [9.17, 15) is 0 Å². The summed E-state index contributed by atoms with van der Waals surface area (Å²) in [6.45, 7) is 10.1. The maximum atomic E-state index is 6.03. The summed E-state index contributed by atoms with van der Waals surface area (Å²) in [5, 5.41) is -0.134. The van der Waals surface area contributed by atoms with Crippen molar-refractivity contribution in [2.45, 2.75) is 58.0 Å². The molecule has 0 amide bonds.